The fourth-order valence-electron chi connectivity index (χ4n) is 1.94. The summed E-state index contributed by atoms with van der Waals surface area (Å²) in [5.74, 6) is 0. The van der Waals surface area contributed by atoms with Gasteiger partial charge in [0.05, 0.1) is 5.31 Å². The van der Waals surface area contributed by atoms with E-state index in [-0.39, 0.29) is 0 Å². The van der Waals surface area contributed by atoms with Crippen LogP contribution in [0.2, 0.25) is 0 Å². The van der Waals surface area contributed by atoms with Crippen LogP contribution in [0.15, 0.2) is 61.2 Å². The van der Waals surface area contributed by atoms with E-state index in [4.69, 9.17) is 9.05 Å². The Labute approximate surface area is 119 Å². The maximum atomic E-state index is 12.3. The molecule has 0 aliphatic carbocycles. The molecule has 0 aliphatic rings. The third-order valence-electron chi connectivity index (χ3n) is 3.14. The van der Waals surface area contributed by atoms with Crippen LogP contribution in [-0.2, 0) is 13.6 Å². The summed E-state index contributed by atoms with van der Waals surface area (Å²) >= 11 is 0. The monoisotopic (exact) mass is 288 g/mol. The van der Waals surface area contributed by atoms with Crippen molar-refractivity contribution in [3.05, 3.63) is 66.7 Å². The fraction of sp³-hybridized carbons (Fsp3) is 0.125. The number of hydrogen-bond donors (Lipinski definition) is 0. The highest BCUT2D eigenvalue weighted by molar-refractivity contribution is 7.65. The summed E-state index contributed by atoms with van der Waals surface area (Å²) in [5.41, 5.74) is 2.97. The molecule has 2 aromatic rings. The minimum atomic E-state index is -3.28. The normalized spacial score (nSPS) is 11.3. The van der Waals surface area contributed by atoms with E-state index in [0.717, 1.165) is 16.7 Å². The molecule has 0 saturated heterocycles. The second-order valence-electron chi connectivity index (χ2n) is 4.25. The van der Waals surface area contributed by atoms with E-state index in [1.807, 2.05) is 54.6 Å². The SMILES string of the molecule is C=C(c1ccc(-c2ccccc2)cc1)P(=O)(OC)OC. The fourth-order valence-corrected chi connectivity index (χ4v) is 2.99. The van der Waals surface area contributed by atoms with Crippen LogP contribution < -0.4 is 0 Å². The lowest BCUT2D eigenvalue weighted by molar-refractivity contribution is 0.288. The minimum absolute atomic E-state index is 0.363. The first-order valence-electron chi connectivity index (χ1n) is 6.17. The summed E-state index contributed by atoms with van der Waals surface area (Å²) in [4.78, 5) is 0. The Morgan fingerprint density at radius 2 is 1.40 bits per heavy atom. The topological polar surface area (TPSA) is 35.5 Å². The molecule has 0 saturated carbocycles. The highest BCUT2D eigenvalue weighted by atomic mass is 31.2. The summed E-state index contributed by atoms with van der Waals surface area (Å²) in [6, 6.07) is 17.7. The second kappa shape index (κ2) is 6.19. The molecule has 0 spiro atoms. The third kappa shape index (κ3) is 2.91. The third-order valence-corrected chi connectivity index (χ3v) is 5.02. The van der Waals surface area contributed by atoms with Crippen molar-refractivity contribution in [2.45, 2.75) is 0 Å². The second-order valence-corrected chi connectivity index (χ2v) is 6.52. The molecule has 0 radical (unpaired) electrons. The van der Waals surface area contributed by atoms with Crippen molar-refractivity contribution < 1.29 is 13.6 Å². The number of hydrogen-bond acceptors (Lipinski definition) is 3. The van der Waals surface area contributed by atoms with Crippen LogP contribution in [0.4, 0.5) is 0 Å². The molecule has 0 bridgehead atoms. The van der Waals surface area contributed by atoms with Crippen molar-refractivity contribution in [3.8, 4) is 11.1 Å². The lowest BCUT2D eigenvalue weighted by atomic mass is 10.0. The molecule has 104 valence electrons. The van der Waals surface area contributed by atoms with Gasteiger partial charge in [0.15, 0.2) is 0 Å². The molecule has 20 heavy (non-hydrogen) atoms. The molecule has 0 heterocycles. The van der Waals surface area contributed by atoms with Crippen LogP contribution in [0.1, 0.15) is 5.56 Å². The van der Waals surface area contributed by atoms with Crippen LogP contribution in [0.3, 0.4) is 0 Å². The summed E-state index contributed by atoms with van der Waals surface area (Å²) < 4.78 is 22.2. The number of rotatable bonds is 5. The van der Waals surface area contributed by atoms with Gasteiger partial charge in [0.25, 0.3) is 0 Å². The summed E-state index contributed by atoms with van der Waals surface area (Å²) in [5, 5.41) is 0.363. The Balaban J connectivity index is 2.30. The largest absolute Gasteiger partial charge is 0.360 e. The molecule has 0 atom stereocenters. The number of benzene rings is 2. The van der Waals surface area contributed by atoms with Gasteiger partial charge in [-0.15, -0.1) is 0 Å². The molecule has 0 unspecified atom stereocenters. The average Bonchev–Trinajstić information content (AvgIpc) is 2.54. The van der Waals surface area contributed by atoms with Gasteiger partial charge in [-0.3, -0.25) is 4.57 Å². The molecular formula is C16H17O3P. The predicted octanol–water partition coefficient (Wildman–Crippen LogP) is 4.81. The van der Waals surface area contributed by atoms with E-state index in [1.54, 1.807) is 0 Å². The van der Waals surface area contributed by atoms with E-state index in [9.17, 15) is 4.57 Å². The van der Waals surface area contributed by atoms with Crippen molar-refractivity contribution >= 4 is 12.9 Å². The smallest absolute Gasteiger partial charge is 0.309 e. The van der Waals surface area contributed by atoms with E-state index in [2.05, 4.69) is 6.58 Å². The van der Waals surface area contributed by atoms with Gasteiger partial charge in [0.2, 0.25) is 0 Å². The van der Waals surface area contributed by atoms with Crippen LogP contribution in [0.25, 0.3) is 16.4 Å². The van der Waals surface area contributed by atoms with Gasteiger partial charge in [-0.2, -0.15) is 0 Å². The summed E-state index contributed by atoms with van der Waals surface area (Å²) in [6.45, 7) is 3.83. The average molecular weight is 288 g/mol. The maximum Gasteiger partial charge on any atom is 0.360 e. The van der Waals surface area contributed by atoms with E-state index < -0.39 is 7.60 Å². The lowest BCUT2D eigenvalue weighted by Gasteiger charge is -2.16. The first kappa shape index (κ1) is 14.7. The summed E-state index contributed by atoms with van der Waals surface area (Å²) in [7, 11) is -0.566. The first-order chi connectivity index (χ1) is 9.60. The quantitative estimate of drug-likeness (QED) is 0.741. The Bertz CT molecular complexity index is 625. The maximum absolute atomic E-state index is 12.3. The van der Waals surface area contributed by atoms with Gasteiger partial charge in [-0.1, -0.05) is 61.2 Å². The predicted molar refractivity (Wildman–Crippen MR) is 82.5 cm³/mol. The Hall–Kier alpha value is -1.67. The van der Waals surface area contributed by atoms with Gasteiger partial charge in [0.1, 0.15) is 0 Å². The molecule has 2 aromatic carbocycles. The molecule has 0 N–H and O–H groups in total. The Morgan fingerprint density at radius 3 is 1.90 bits per heavy atom. The molecule has 0 fully saturated rings. The van der Waals surface area contributed by atoms with Crippen LogP contribution in [0.5, 0.6) is 0 Å². The van der Waals surface area contributed by atoms with Crippen LogP contribution in [-0.4, -0.2) is 14.2 Å². The molecule has 0 aliphatic heterocycles. The Morgan fingerprint density at radius 1 is 0.900 bits per heavy atom. The van der Waals surface area contributed by atoms with Gasteiger partial charge in [-0.05, 0) is 16.7 Å². The summed E-state index contributed by atoms with van der Waals surface area (Å²) in [6.07, 6.45) is 0. The molecule has 4 heteroatoms. The highest BCUT2D eigenvalue weighted by Crippen LogP contribution is 2.58. The van der Waals surface area contributed by atoms with Crippen molar-refractivity contribution in [1.29, 1.82) is 0 Å². The first-order valence-corrected chi connectivity index (χ1v) is 7.72. The molecule has 0 aromatic heterocycles. The van der Waals surface area contributed by atoms with Gasteiger partial charge in [-0.25, -0.2) is 0 Å². The molecule has 2 rings (SSSR count). The van der Waals surface area contributed by atoms with Gasteiger partial charge >= 0.3 is 7.60 Å². The van der Waals surface area contributed by atoms with Crippen LogP contribution >= 0.6 is 7.60 Å². The zero-order chi connectivity index (χ0) is 14.6. The van der Waals surface area contributed by atoms with Crippen molar-refractivity contribution in [2.24, 2.45) is 0 Å². The van der Waals surface area contributed by atoms with E-state index >= 15 is 0 Å². The molecule has 0 amide bonds. The van der Waals surface area contributed by atoms with Gasteiger partial charge in [0, 0.05) is 14.2 Å². The van der Waals surface area contributed by atoms with Crippen LogP contribution in [0, 0.1) is 0 Å². The van der Waals surface area contributed by atoms with Crippen molar-refractivity contribution in [3.63, 3.8) is 0 Å². The molecule has 3 nitrogen and oxygen atoms in total. The minimum Gasteiger partial charge on any atom is -0.309 e. The van der Waals surface area contributed by atoms with E-state index in [1.165, 1.54) is 14.2 Å². The lowest BCUT2D eigenvalue weighted by Crippen LogP contribution is -1.92. The Kier molecular flexibility index (Phi) is 4.56. The molecular weight excluding hydrogens is 271 g/mol. The van der Waals surface area contributed by atoms with Crippen molar-refractivity contribution in [1.82, 2.24) is 0 Å². The standard InChI is InChI=1S/C16H17O3P/c1-13(20(17,18-2)19-3)14-9-11-16(12-10-14)15-7-5-4-6-8-15/h4-12H,1H2,2-3H3. The van der Waals surface area contributed by atoms with E-state index in [0.29, 0.717) is 5.31 Å². The highest BCUT2D eigenvalue weighted by Gasteiger charge is 2.26. The van der Waals surface area contributed by atoms with Crippen molar-refractivity contribution in [2.75, 3.05) is 14.2 Å². The zero-order valence-corrected chi connectivity index (χ0v) is 12.5. The zero-order valence-electron chi connectivity index (χ0n) is 11.6. The van der Waals surface area contributed by atoms with Gasteiger partial charge < -0.3 is 9.05 Å².